The van der Waals surface area contributed by atoms with Gasteiger partial charge in [0.1, 0.15) is 5.82 Å². The maximum absolute atomic E-state index is 10.7. The standard InChI is InChI=1S/C11H15N3O2/c1-7-3-9(7)6-13-11-4-10(14(15)16)8(2)5-12-11/h4-5,7,9H,3,6H2,1-2H3,(H,12,13). The summed E-state index contributed by atoms with van der Waals surface area (Å²) in [4.78, 5) is 14.5. The van der Waals surface area contributed by atoms with Crippen LogP contribution < -0.4 is 5.32 Å². The van der Waals surface area contributed by atoms with Crippen LogP contribution in [0, 0.1) is 28.9 Å². The average molecular weight is 221 g/mol. The van der Waals surface area contributed by atoms with Gasteiger partial charge in [-0.15, -0.1) is 0 Å². The molecule has 2 atom stereocenters. The van der Waals surface area contributed by atoms with Crippen molar-refractivity contribution in [1.82, 2.24) is 4.98 Å². The smallest absolute Gasteiger partial charge is 0.277 e. The number of nitro groups is 1. The molecule has 1 aromatic rings. The van der Waals surface area contributed by atoms with E-state index in [1.54, 1.807) is 6.92 Å². The number of hydrogen-bond acceptors (Lipinski definition) is 4. The monoisotopic (exact) mass is 221 g/mol. The number of aromatic nitrogens is 1. The molecule has 2 unspecified atom stereocenters. The van der Waals surface area contributed by atoms with Crippen LogP contribution in [0.5, 0.6) is 0 Å². The number of anilines is 1. The van der Waals surface area contributed by atoms with E-state index in [1.807, 2.05) is 0 Å². The molecule has 0 radical (unpaired) electrons. The highest BCUT2D eigenvalue weighted by Crippen LogP contribution is 2.37. The first-order valence-electron chi connectivity index (χ1n) is 5.43. The number of nitrogens with zero attached hydrogens (tertiary/aromatic N) is 2. The van der Waals surface area contributed by atoms with E-state index in [0.29, 0.717) is 17.3 Å². The summed E-state index contributed by atoms with van der Waals surface area (Å²) in [7, 11) is 0. The second-order valence-electron chi connectivity index (χ2n) is 4.47. The molecule has 1 heterocycles. The molecule has 0 saturated heterocycles. The van der Waals surface area contributed by atoms with Gasteiger partial charge in [0.15, 0.2) is 0 Å². The Morgan fingerprint density at radius 1 is 1.69 bits per heavy atom. The third kappa shape index (κ3) is 2.29. The van der Waals surface area contributed by atoms with E-state index in [4.69, 9.17) is 0 Å². The quantitative estimate of drug-likeness (QED) is 0.626. The van der Waals surface area contributed by atoms with Crippen molar-refractivity contribution in [1.29, 1.82) is 0 Å². The summed E-state index contributed by atoms with van der Waals surface area (Å²) in [5.41, 5.74) is 0.719. The van der Waals surface area contributed by atoms with Gasteiger partial charge in [0, 0.05) is 18.3 Å². The number of aryl methyl sites for hydroxylation is 1. The molecule has 0 aromatic carbocycles. The first kappa shape index (κ1) is 10.9. The highest BCUT2D eigenvalue weighted by atomic mass is 16.6. The van der Waals surface area contributed by atoms with Gasteiger partial charge in [0.25, 0.3) is 5.69 Å². The van der Waals surface area contributed by atoms with Gasteiger partial charge in [-0.2, -0.15) is 0 Å². The van der Waals surface area contributed by atoms with Gasteiger partial charge < -0.3 is 5.32 Å². The highest BCUT2D eigenvalue weighted by molar-refractivity contribution is 5.48. The molecule has 1 aromatic heterocycles. The van der Waals surface area contributed by atoms with Crippen molar-refractivity contribution in [3.05, 3.63) is 27.9 Å². The van der Waals surface area contributed by atoms with Gasteiger partial charge in [0.2, 0.25) is 0 Å². The minimum Gasteiger partial charge on any atom is -0.370 e. The van der Waals surface area contributed by atoms with Gasteiger partial charge in [-0.1, -0.05) is 6.92 Å². The number of pyridine rings is 1. The van der Waals surface area contributed by atoms with Gasteiger partial charge in [-0.25, -0.2) is 4.98 Å². The van der Waals surface area contributed by atoms with E-state index < -0.39 is 0 Å². The first-order valence-corrected chi connectivity index (χ1v) is 5.43. The van der Waals surface area contributed by atoms with E-state index in [2.05, 4.69) is 17.2 Å². The van der Waals surface area contributed by atoms with Crippen molar-refractivity contribution in [2.75, 3.05) is 11.9 Å². The van der Waals surface area contributed by atoms with Crippen LogP contribution >= 0.6 is 0 Å². The summed E-state index contributed by atoms with van der Waals surface area (Å²) < 4.78 is 0. The second kappa shape index (κ2) is 4.08. The molecule has 5 nitrogen and oxygen atoms in total. The predicted molar refractivity (Wildman–Crippen MR) is 61.4 cm³/mol. The number of nitrogens with one attached hydrogen (secondary N) is 1. The molecule has 1 saturated carbocycles. The Kier molecular flexibility index (Phi) is 2.77. The van der Waals surface area contributed by atoms with E-state index in [1.165, 1.54) is 18.7 Å². The van der Waals surface area contributed by atoms with E-state index >= 15 is 0 Å². The summed E-state index contributed by atoms with van der Waals surface area (Å²) in [6.07, 6.45) is 2.78. The average Bonchev–Trinajstić information content (AvgIpc) is 2.93. The van der Waals surface area contributed by atoms with Crippen LogP contribution in [-0.4, -0.2) is 16.5 Å². The van der Waals surface area contributed by atoms with E-state index in [0.717, 1.165) is 12.5 Å². The molecule has 2 rings (SSSR count). The van der Waals surface area contributed by atoms with Crippen molar-refractivity contribution < 1.29 is 4.92 Å². The molecule has 16 heavy (non-hydrogen) atoms. The maximum Gasteiger partial charge on any atom is 0.277 e. The third-order valence-electron chi connectivity index (χ3n) is 3.09. The highest BCUT2D eigenvalue weighted by Gasteiger charge is 2.32. The van der Waals surface area contributed by atoms with Crippen molar-refractivity contribution in [2.24, 2.45) is 11.8 Å². The lowest BCUT2D eigenvalue weighted by Gasteiger charge is -2.05. The topological polar surface area (TPSA) is 68.1 Å². The lowest BCUT2D eigenvalue weighted by molar-refractivity contribution is -0.385. The summed E-state index contributed by atoms with van der Waals surface area (Å²) in [5, 5.41) is 13.9. The fourth-order valence-electron chi connectivity index (χ4n) is 1.73. The Morgan fingerprint density at radius 2 is 2.38 bits per heavy atom. The SMILES string of the molecule is Cc1cnc(NCC2CC2C)cc1[N+](=O)[O-]. The molecule has 0 aliphatic heterocycles. The van der Waals surface area contributed by atoms with Crippen molar-refractivity contribution >= 4 is 11.5 Å². The first-order chi connectivity index (χ1) is 7.58. The van der Waals surface area contributed by atoms with Gasteiger partial charge in [0.05, 0.1) is 11.0 Å². The normalized spacial score (nSPS) is 22.9. The van der Waals surface area contributed by atoms with Crippen LogP contribution in [0.25, 0.3) is 0 Å². The summed E-state index contributed by atoms with van der Waals surface area (Å²) >= 11 is 0. The molecule has 1 aliphatic rings. The molecule has 0 amide bonds. The fraction of sp³-hybridized carbons (Fsp3) is 0.545. The zero-order valence-electron chi connectivity index (χ0n) is 9.43. The van der Waals surface area contributed by atoms with Crippen LogP contribution in [0.1, 0.15) is 18.9 Å². The molecule has 1 fully saturated rings. The van der Waals surface area contributed by atoms with Crippen LogP contribution in [-0.2, 0) is 0 Å². The third-order valence-corrected chi connectivity index (χ3v) is 3.09. The summed E-state index contributed by atoms with van der Waals surface area (Å²) in [6.45, 7) is 4.75. The Bertz CT molecular complexity index is 420. The molecule has 1 N–H and O–H groups in total. The molecule has 0 spiro atoms. The van der Waals surface area contributed by atoms with Gasteiger partial charge in [-0.05, 0) is 25.2 Å². The number of rotatable bonds is 4. The lowest BCUT2D eigenvalue weighted by Crippen LogP contribution is -2.06. The number of hydrogen-bond donors (Lipinski definition) is 1. The molecule has 0 bridgehead atoms. The second-order valence-corrected chi connectivity index (χ2v) is 4.47. The Balaban J connectivity index is 2.04. The summed E-state index contributed by atoms with van der Waals surface area (Å²) in [5.74, 6) is 2.06. The van der Waals surface area contributed by atoms with Crippen molar-refractivity contribution in [2.45, 2.75) is 20.3 Å². The Hall–Kier alpha value is -1.65. The van der Waals surface area contributed by atoms with E-state index in [9.17, 15) is 10.1 Å². The predicted octanol–water partition coefficient (Wildman–Crippen LogP) is 2.37. The van der Waals surface area contributed by atoms with Crippen LogP contribution in [0.4, 0.5) is 11.5 Å². The molecular weight excluding hydrogens is 206 g/mol. The zero-order chi connectivity index (χ0) is 11.7. The minimum absolute atomic E-state index is 0.126. The Morgan fingerprint density at radius 3 is 2.94 bits per heavy atom. The maximum atomic E-state index is 10.7. The molecule has 1 aliphatic carbocycles. The van der Waals surface area contributed by atoms with Gasteiger partial charge >= 0.3 is 0 Å². The molecule has 86 valence electrons. The Labute approximate surface area is 94.0 Å². The zero-order valence-corrected chi connectivity index (χ0v) is 9.43. The van der Waals surface area contributed by atoms with Crippen molar-refractivity contribution in [3.8, 4) is 0 Å². The molecular formula is C11H15N3O2. The molecule has 5 heteroatoms. The van der Waals surface area contributed by atoms with E-state index in [-0.39, 0.29) is 10.6 Å². The summed E-state index contributed by atoms with van der Waals surface area (Å²) in [6, 6.07) is 1.50. The largest absolute Gasteiger partial charge is 0.370 e. The minimum atomic E-state index is -0.373. The van der Waals surface area contributed by atoms with Gasteiger partial charge in [-0.3, -0.25) is 10.1 Å². The fourth-order valence-corrected chi connectivity index (χ4v) is 1.73. The van der Waals surface area contributed by atoms with Crippen LogP contribution in [0.3, 0.4) is 0 Å². The van der Waals surface area contributed by atoms with Crippen LogP contribution in [0.2, 0.25) is 0 Å². The lowest BCUT2D eigenvalue weighted by atomic mass is 10.2. The van der Waals surface area contributed by atoms with Crippen molar-refractivity contribution in [3.63, 3.8) is 0 Å². The van der Waals surface area contributed by atoms with Crippen LogP contribution in [0.15, 0.2) is 12.3 Å².